The first-order valence-electron chi connectivity index (χ1n) is 5.29. The third-order valence-corrected chi connectivity index (χ3v) is 4.83. The summed E-state index contributed by atoms with van der Waals surface area (Å²) >= 11 is 0. The van der Waals surface area contributed by atoms with Gasteiger partial charge >= 0.3 is 5.97 Å². The van der Waals surface area contributed by atoms with Crippen molar-refractivity contribution in [2.24, 2.45) is 11.8 Å². The van der Waals surface area contributed by atoms with Crippen molar-refractivity contribution in [3.05, 3.63) is 0 Å². The summed E-state index contributed by atoms with van der Waals surface area (Å²) in [6.07, 6.45) is 2.01. The summed E-state index contributed by atoms with van der Waals surface area (Å²) in [5, 5.41) is 7.75. The summed E-state index contributed by atoms with van der Waals surface area (Å²) < 4.78 is 23.6. The van der Waals surface area contributed by atoms with E-state index in [1.807, 2.05) is 13.8 Å². The Morgan fingerprint density at radius 2 is 1.93 bits per heavy atom. The monoisotopic (exact) mass is 234 g/mol. The van der Waals surface area contributed by atoms with Crippen LogP contribution in [0.1, 0.15) is 33.1 Å². The second-order valence-corrected chi connectivity index (χ2v) is 6.89. The van der Waals surface area contributed by atoms with E-state index < -0.39 is 21.1 Å². The zero-order valence-corrected chi connectivity index (χ0v) is 9.96. The molecule has 1 rings (SSSR count). The molecule has 0 heterocycles. The van der Waals surface area contributed by atoms with E-state index in [0.29, 0.717) is 6.42 Å². The first-order valence-corrected chi connectivity index (χ1v) is 7.00. The van der Waals surface area contributed by atoms with Crippen molar-refractivity contribution in [1.29, 1.82) is 0 Å². The molecule has 15 heavy (non-hydrogen) atoms. The summed E-state index contributed by atoms with van der Waals surface area (Å²) in [6.45, 7) is 3.87. The number of carboxylic acids is 1. The van der Waals surface area contributed by atoms with Gasteiger partial charge in [-0.3, -0.25) is 4.79 Å². The van der Waals surface area contributed by atoms with Gasteiger partial charge in [0.1, 0.15) is 0 Å². The molecule has 88 valence electrons. The summed E-state index contributed by atoms with van der Waals surface area (Å²) in [7, 11) is -3.45. The minimum absolute atomic E-state index is 0.00185. The van der Waals surface area contributed by atoms with Crippen LogP contribution in [0.3, 0.4) is 0 Å². The molecule has 0 amide bonds. The molecule has 1 saturated carbocycles. The molecule has 0 spiro atoms. The van der Waals surface area contributed by atoms with Crippen molar-refractivity contribution in [3.63, 3.8) is 0 Å². The highest BCUT2D eigenvalue weighted by atomic mass is 32.2. The Balaban J connectivity index is 2.68. The Labute approximate surface area is 90.6 Å². The van der Waals surface area contributed by atoms with E-state index in [-0.39, 0.29) is 17.6 Å². The van der Waals surface area contributed by atoms with Gasteiger partial charge in [-0.2, -0.15) is 0 Å². The average Bonchev–Trinajstić information content (AvgIpc) is 2.84. The normalized spacial score (nSPS) is 19.1. The number of rotatable bonds is 6. The Bertz CT molecular complexity index is 327. The van der Waals surface area contributed by atoms with Crippen molar-refractivity contribution in [2.75, 3.05) is 5.75 Å². The van der Waals surface area contributed by atoms with Gasteiger partial charge in [0.15, 0.2) is 15.1 Å². The largest absolute Gasteiger partial charge is 0.480 e. The molecule has 0 saturated heterocycles. The maximum atomic E-state index is 11.8. The molecule has 1 aliphatic rings. The molecule has 1 unspecified atom stereocenters. The van der Waals surface area contributed by atoms with Crippen LogP contribution in [-0.4, -0.2) is 30.5 Å². The van der Waals surface area contributed by atoms with Crippen LogP contribution in [0.4, 0.5) is 0 Å². The summed E-state index contributed by atoms with van der Waals surface area (Å²) in [6, 6.07) is 0. The van der Waals surface area contributed by atoms with Gasteiger partial charge in [-0.05, 0) is 31.1 Å². The SMILES string of the molecule is CC(C)CCS(=O)(=O)C(C(=O)O)C1CC1. The summed E-state index contributed by atoms with van der Waals surface area (Å²) in [5.41, 5.74) is 0. The summed E-state index contributed by atoms with van der Waals surface area (Å²) in [5.74, 6) is -1.03. The Morgan fingerprint density at radius 1 is 1.40 bits per heavy atom. The van der Waals surface area contributed by atoms with Crippen molar-refractivity contribution in [3.8, 4) is 0 Å². The van der Waals surface area contributed by atoms with Crippen LogP contribution < -0.4 is 0 Å². The van der Waals surface area contributed by atoms with E-state index in [1.54, 1.807) is 0 Å². The molecule has 0 aromatic heterocycles. The highest BCUT2D eigenvalue weighted by Gasteiger charge is 2.44. The molecule has 1 fully saturated rings. The van der Waals surface area contributed by atoms with Crippen molar-refractivity contribution in [2.45, 2.75) is 38.4 Å². The molecule has 0 aliphatic heterocycles. The molecular formula is C10H18O4S. The van der Waals surface area contributed by atoms with Crippen LogP contribution in [0.5, 0.6) is 0 Å². The summed E-state index contributed by atoms with van der Waals surface area (Å²) in [4.78, 5) is 10.9. The Hall–Kier alpha value is -0.580. The fraction of sp³-hybridized carbons (Fsp3) is 0.900. The fourth-order valence-electron chi connectivity index (χ4n) is 1.57. The molecular weight excluding hydrogens is 216 g/mol. The first kappa shape index (κ1) is 12.5. The van der Waals surface area contributed by atoms with Gasteiger partial charge in [0, 0.05) is 0 Å². The van der Waals surface area contributed by atoms with Crippen LogP contribution in [0.2, 0.25) is 0 Å². The van der Waals surface area contributed by atoms with Crippen molar-refractivity contribution >= 4 is 15.8 Å². The lowest BCUT2D eigenvalue weighted by atomic mass is 10.2. The topological polar surface area (TPSA) is 71.4 Å². The van der Waals surface area contributed by atoms with Crippen LogP contribution in [-0.2, 0) is 14.6 Å². The van der Waals surface area contributed by atoms with Crippen LogP contribution in [0.15, 0.2) is 0 Å². The fourth-order valence-corrected chi connectivity index (χ4v) is 3.79. The van der Waals surface area contributed by atoms with Gasteiger partial charge in [0.25, 0.3) is 0 Å². The Morgan fingerprint density at radius 3 is 2.27 bits per heavy atom. The Kier molecular flexibility index (Phi) is 3.76. The maximum Gasteiger partial charge on any atom is 0.322 e. The zero-order valence-electron chi connectivity index (χ0n) is 9.14. The second kappa shape index (κ2) is 4.51. The number of carboxylic acid groups (broad SMARTS) is 1. The van der Waals surface area contributed by atoms with Crippen LogP contribution >= 0.6 is 0 Å². The van der Waals surface area contributed by atoms with Crippen LogP contribution in [0.25, 0.3) is 0 Å². The molecule has 1 N–H and O–H groups in total. The lowest BCUT2D eigenvalue weighted by molar-refractivity contribution is -0.136. The van der Waals surface area contributed by atoms with E-state index in [2.05, 4.69) is 0 Å². The molecule has 0 bridgehead atoms. The number of hydrogen-bond donors (Lipinski definition) is 1. The van der Waals surface area contributed by atoms with Gasteiger partial charge in [-0.1, -0.05) is 13.8 Å². The van der Waals surface area contributed by atoms with E-state index in [4.69, 9.17) is 5.11 Å². The zero-order chi connectivity index (χ0) is 11.6. The standard InChI is InChI=1S/C10H18O4S/c1-7(2)5-6-15(13,14)9(10(11)12)8-3-4-8/h7-9H,3-6H2,1-2H3,(H,11,12). The quantitative estimate of drug-likeness (QED) is 0.752. The number of hydrogen-bond acceptors (Lipinski definition) is 3. The minimum atomic E-state index is -3.45. The second-order valence-electron chi connectivity index (χ2n) is 4.65. The van der Waals surface area contributed by atoms with Gasteiger partial charge in [-0.25, -0.2) is 8.42 Å². The predicted molar refractivity (Wildman–Crippen MR) is 57.4 cm³/mol. The molecule has 4 nitrogen and oxygen atoms in total. The lowest BCUT2D eigenvalue weighted by Crippen LogP contribution is -2.34. The van der Waals surface area contributed by atoms with E-state index >= 15 is 0 Å². The molecule has 0 aromatic carbocycles. The highest BCUT2D eigenvalue weighted by molar-refractivity contribution is 7.92. The molecule has 5 heteroatoms. The number of sulfone groups is 1. The van der Waals surface area contributed by atoms with Crippen molar-refractivity contribution < 1.29 is 18.3 Å². The smallest absolute Gasteiger partial charge is 0.322 e. The number of carbonyl (C=O) groups is 1. The lowest BCUT2D eigenvalue weighted by Gasteiger charge is -2.13. The predicted octanol–water partition coefficient (Wildman–Crippen LogP) is 1.31. The third-order valence-electron chi connectivity index (χ3n) is 2.66. The van der Waals surface area contributed by atoms with Gasteiger partial charge < -0.3 is 5.11 Å². The van der Waals surface area contributed by atoms with Crippen molar-refractivity contribution in [1.82, 2.24) is 0 Å². The van der Waals surface area contributed by atoms with E-state index in [1.165, 1.54) is 0 Å². The molecule has 0 radical (unpaired) electrons. The molecule has 1 aliphatic carbocycles. The van der Waals surface area contributed by atoms with E-state index in [0.717, 1.165) is 12.8 Å². The maximum absolute atomic E-state index is 11.8. The number of aliphatic carboxylic acids is 1. The van der Waals surface area contributed by atoms with Gasteiger partial charge in [0.05, 0.1) is 5.75 Å². The van der Waals surface area contributed by atoms with Gasteiger partial charge in [0.2, 0.25) is 0 Å². The highest BCUT2D eigenvalue weighted by Crippen LogP contribution is 2.36. The third kappa shape index (κ3) is 3.48. The van der Waals surface area contributed by atoms with Crippen LogP contribution in [0, 0.1) is 11.8 Å². The average molecular weight is 234 g/mol. The van der Waals surface area contributed by atoms with Gasteiger partial charge in [-0.15, -0.1) is 0 Å². The first-order chi connectivity index (χ1) is 6.84. The van der Waals surface area contributed by atoms with E-state index in [9.17, 15) is 13.2 Å². The molecule has 1 atom stereocenters. The molecule has 0 aromatic rings. The minimum Gasteiger partial charge on any atom is -0.480 e.